The summed E-state index contributed by atoms with van der Waals surface area (Å²) in [5.74, 6) is 0.316. The number of benzene rings is 2. The molecule has 0 bridgehead atoms. The summed E-state index contributed by atoms with van der Waals surface area (Å²) in [7, 11) is 2.83. The van der Waals surface area contributed by atoms with Gasteiger partial charge in [0.1, 0.15) is 53.3 Å². The van der Waals surface area contributed by atoms with E-state index in [1.807, 2.05) is 0 Å². The number of phenols is 1. The quantitative estimate of drug-likeness (QED) is 0.388. The van der Waals surface area contributed by atoms with Crippen LogP contribution in [0.3, 0.4) is 0 Å². The molecule has 184 valence electrons. The van der Waals surface area contributed by atoms with Crippen molar-refractivity contribution in [1.29, 1.82) is 0 Å². The second-order valence-electron chi connectivity index (χ2n) is 7.98. The van der Waals surface area contributed by atoms with Gasteiger partial charge in [-0.05, 0) is 17.7 Å². The van der Waals surface area contributed by atoms with E-state index in [9.17, 15) is 30.3 Å². The number of carbonyl (C=O) groups is 1. The Morgan fingerprint density at radius 3 is 2.44 bits per heavy atom. The van der Waals surface area contributed by atoms with E-state index in [0.29, 0.717) is 11.3 Å². The van der Waals surface area contributed by atoms with Crippen molar-refractivity contribution in [2.45, 2.75) is 43.2 Å². The minimum atomic E-state index is -1.61. The van der Waals surface area contributed by atoms with Gasteiger partial charge in [-0.3, -0.25) is 4.79 Å². The number of aliphatic hydroxyl groups is 4. The Labute approximate surface area is 194 Å². The average molecular weight is 478 g/mol. The molecular weight excluding hydrogens is 452 g/mol. The number of methoxy groups -OCH3 is 2. The van der Waals surface area contributed by atoms with Crippen LogP contribution in [0, 0.1) is 0 Å². The summed E-state index contributed by atoms with van der Waals surface area (Å²) in [6.45, 7) is -0.601. The molecule has 0 saturated carbocycles. The van der Waals surface area contributed by atoms with Crippen molar-refractivity contribution < 1.29 is 54.0 Å². The third kappa shape index (κ3) is 4.36. The van der Waals surface area contributed by atoms with Crippen LogP contribution in [0.4, 0.5) is 0 Å². The minimum absolute atomic E-state index is 0.0568. The predicted octanol–water partition coefficient (Wildman–Crippen LogP) is 0.295. The normalized spacial score (nSPS) is 28.6. The number of aromatic hydroxyl groups is 1. The van der Waals surface area contributed by atoms with Gasteiger partial charge >= 0.3 is 0 Å². The molecule has 0 radical (unpaired) electrons. The molecule has 2 aliphatic heterocycles. The highest BCUT2D eigenvalue weighted by molar-refractivity contribution is 6.02. The molecule has 0 amide bonds. The molecule has 11 heteroatoms. The SMILES string of the molecule is COc1cc(O)c2c(c1)OC(c1ccc(OC)c(OC3OC(CO)C(O)C(O)C3O)c1)CC2=O. The van der Waals surface area contributed by atoms with Crippen LogP contribution in [0.1, 0.15) is 28.4 Å². The van der Waals surface area contributed by atoms with Crippen molar-refractivity contribution in [3.63, 3.8) is 0 Å². The molecule has 2 aliphatic rings. The Balaban J connectivity index is 1.62. The van der Waals surface area contributed by atoms with Crippen LogP contribution >= 0.6 is 0 Å². The number of rotatable bonds is 6. The van der Waals surface area contributed by atoms with E-state index >= 15 is 0 Å². The second kappa shape index (κ2) is 9.65. The first-order chi connectivity index (χ1) is 16.3. The fraction of sp³-hybridized carbons (Fsp3) is 0.435. The van der Waals surface area contributed by atoms with Crippen molar-refractivity contribution in [2.24, 2.45) is 0 Å². The van der Waals surface area contributed by atoms with Crippen LogP contribution in [0.2, 0.25) is 0 Å². The molecule has 4 rings (SSSR count). The smallest absolute Gasteiger partial charge is 0.229 e. The fourth-order valence-corrected chi connectivity index (χ4v) is 3.99. The molecule has 34 heavy (non-hydrogen) atoms. The van der Waals surface area contributed by atoms with E-state index in [-0.39, 0.29) is 40.8 Å². The van der Waals surface area contributed by atoms with Gasteiger partial charge in [-0.15, -0.1) is 0 Å². The number of Topliss-reactive ketones (excluding diaryl/α,β-unsaturated/α-hetero) is 1. The van der Waals surface area contributed by atoms with Gasteiger partial charge in [-0.1, -0.05) is 6.07 Å². The van der Waals surface area contributed by atoms with Crippen LogP contribution in [0.25, 0.3) is 0 Å². The van der Waals surface area contributed by atoms with E-state index in [2.05, 4.69) is 0 Å². The Hall–Kier alpha value is -3.09. The monoisotopic (exact) mass is 478 g/mol. The molecular formula is C23H26O11. The Bertz CT molecular complexity index is 1050. The average Bonchev–Trinajstić information content (AvgIpc) is 2.83. The standard InChI is InChI=1S/C23H26O11/c1-30-11-6-12(25)19-13(26)8-15(32-17(19)7-11)10-3-4-14(31-2)16(5-10)33-23-22(29)21(28)20(27)18(9-24)34-23/h3-7,15,18,20-25,27-29H,8-9H2,1-2H3. The maximum Gasteiger partial charge on any atom is 0.229 e. The lowest BCUT2D eigenvalue weighted by molar-refractivity contribution is -0.277. The molecule has 2 aromatic rings. The summed E-state index contributed by atoms with van der Waals surface area (Å²) in [6, 6.07) is 7.61. The Kier molecular flexibility index (Phi) is 6.82. The molecule has 11 nitrogen and oxygen atoms in total. The highest BCUT2D eigenvalue weighted by Gasteiger charge is 2.45. The van der Waals surface area contributed by atoms with Crippen molar-refractivity contribution in [3.05, 3.63) is 41.5 Å². The lowest BCUT2D eigenvalue weighted by Crippen LogP contribution is -2.60. The van der Waals surface area contributed by atoms with Gasteiger partial charge in [-0.25, -0.2) is 0 Å². The maximum absolute atomic E-state index is 12.7. The molecule has 6 atom stereocenters. The summed E-state index contributed by atoms with van der Waals surface area (Å²) < 4.78 is 27.6. The van der Waals surface area contributed by atoms with Crippen molar-refractivity contribution >= 4 is 5.78 Å². The molecule has 0 spiro atoms. The zero-order chi connectivity index (χ0) is 24.6. The number of aliphatic hydroxyl groups excluding tert-OH is 4. The first-order valence-corrected chi connectivity index (χ1v) is 10.5. The molecule has 1 saturated heterocycles. The van der Waals surface area contributed by atoms with Gasteiger partial charge in [0.2, 0.25) is 6.29 Å². The highest BCUT2D eigenvalue weighted by atomic mass is 16.7. The largest absolute Gasteiger partial charge is 0.507 e. The summed E-state index contributed by atoms with van der Waals surface area (Å²) >= 11 is 0. The number of phenolic OH excluding ortho intramolecular Hbond substituents is 1. The maximum atomic E-state index is 12.7. The molecule has 0 aromatic heterocycles. The van der Waals surface area contributed by atoms with E-state index < -0.39 is 43.4 Å². The van der Waals surface area contributed by atoms with Crippen molar-refractivity contribution in [2.75, 3.05) is 20.8 Å². The van der Waals surface area contributed by atoms with Crippen molar-refractivity contribution in [1.82, 2.24) is 0 Å². The highest BCUT2D eigenvalue weighted by Crippen LogP contribution is 2.43. The predicted molar refractivity (Wildman–Crippen MR) is 114 cm³/mol. The lowest BCUT2D eigenvalue weighted by atomic mass is 9.95. The molecule has 0 aliphatic carbocycles. The second-order valence-corrected chi connectivity index (χ2v) is 7.98. The zero-order valence-electron chi connectivity index (χ0n) is 18.5. The van der Waals surface area contributed by atoms with Gasteiger partial charge in [0.05, 0.1) is 27.2 Å². The Morgan fingerprint density at radius 2 is 1.76 bits per heavy atom. The van der Waals surface area contributed by atoms with Gasteiger partial charge < -0.3 is 49.2 Å². The number of hydrogen-bond acceptors (Lipinski definition) is 11. The zero-order valence-corrected chi connectivity index (χ0v) is 18.5. The molecule has 6 unspecified atom stereocenters. The van der Waals surface area contributed by atoms with Gasteiger partial charge in [-0.2, -0.15) is 0 Å². The molecule has 2 aromatic carbocycles. The van der Waals surface area contributed by atoms with Crippen LogP contribution in [0.5, 0.6) is 28.7 Å². The minimum Gasteiger partial charge on any atom is -0.507 e. The molecule has 1 fully saturated rings. The van der Waals surface area contributed by atoms with Crippen LogP contribution in [-0.4, -0.2) is 82.8 Å². The first-order valence-electron chi connectivity index (χ1n) is 10.5. The number of carbonyl (C=O) groups excluding carboxylic acids is 1. The first kappa shape index (κ1) is 24.0. The third-order valence-electron chi connectivity index (χ3n) is 5.86. The summed E-state index contributed by atoms with van der Waals surface area (Å²) in [4.78, 5) is 12.7. The topological polar surface area (TPSA) is 164 Å². The van der Waals surface area contributed by atoms with E-state index in [4.69, 9.17) is 23.7 Å². The van der Waals surface area contributed by atoms with Crippen LogP contribution in [-0.2, 0) is 4.74 Å². The lowest BCUT2D eigenvalue weighted by Gasteiger charge is -2.39. The Morgan fingerprint density at radius 1 is 1.00 bits per heavy atom. The van der Waals surface area contributed by atoms with Gasteiger partial charge in [0.25, 0.3) is 0 Å². The number of hydrogen-bond donors (Lipinski definition) is 5. The summed E-state index contributed by atoms with van der Waals surface area (Å²) in [5, 5.41) is 49.9. The van der Waals surface area contributed by atoms with Crippen LogP contribution in [0.15, 0.2) is 30.3 Å². The van der Waals surface area contributed by atoms with E-state index in [0.717, 1.165) is 0 Å². The molecule has 5 N–H and O–H groups in total. The van der Waals surface area contributed by atoms with Gasteiger partial charge in [0.15, 0.2) is 17.3 Å². The summed E-state index contributed by atoms with van der Waals surface area (Å²) in [5.41, 5.74) is 0.602. The third-order valence-corrected chi connectivity index (χ3v) is 5.86. The van der Waals surface area contributed by atoms with Gasteiger partial charge in [0, 0.05) is 12.1 Å². The molecule has 2 heterocycles. The van der Waals surface area contributed by atoms with E-state index in [1.165, 1.54) is 32.4 Å². The number of ether oxygens (including phenoxy) is 5. The van der Waals surface area contributed by atoms with Crippen LogP contribution < -0.4 is 18.9 Å². The fourth-order valence-electron chi connectivity index (χ4n) is 3.99. The summed E-state index contributed by atoms with van der Waals surface area (Å²) in [6.07, 6.45) is -8.09. The number of ketones is 1. The number of fused-ring (bicyclic) bond motifs is 1. The van der Waals surface area contributed by atoms with Crippen molar-refractivity contribution in [3.8, 4) is 28.7 Å². The van der Waals surface area contributed by atoms with E-state index in [1.54, 1.807) is 12.1 Å².